The molecule has 0 saturated carbocycles. The van der Waals surface area contributed by atoms with Crippen LogP contribution in [0.15, 0.2) is 78.9 Å². The van der Waals surface area contributed by atoms with Gasteiger partial charge in [-0.2, -0.15) is 18.1 Å². The molecule has 0 aromatic heterocycles. The van der Waals surface area contributed by atoms with Crippen LogP contribution in [0.1, 0.15) is 5.56 Å². The summed E-state index contributed by atoms with van der Waals surface area (Å²) in [4.78, 5) is 0. The van der Waals surface area contributed by atoms with Crippen molar-refractivity contribution in [1.29, 1.82) is 0 Å². The Hall–Kier alpha value is -1.78. The monoisotopic (exact) mass is 358 g/mol. The van der Waals surface area contributed by atoms with Crippen molar-refractivity contribution in [2.24, 2.45) is 0 Å². The van der Waals surface area contributed by atoms with E-state index in [0.29, 0.717) is 0 Å². The summed E-state index contributed by atoms with van der Waals surface area (Å²) >= 11 is 0. The second-order valence-electron chi connectivity index (χ2n) is 6.18. The van der Waals surface area contributed by atoms with Gasteiger partial charge in [-0.3, -0.25) is 0 Å². The van der Waals surface area contributed by atoms with E-state index in [2.05, 4.69) is 73.6 Å². The quantitative estimate of drug-likeness (QED) is 0.297. The molecule has 0 bridgehead atoms. The summed E-state index contributed by atoms with van der Waals surface area (Å²) in [5.41, 5.74) is 7.07. The van der Waals surface area contributed by atoms with E-state index in [1.165, 1.54) is 11.1 Å². The van der Waals surface area contributed by atoms with Crippen LogP contribution in [0.2, 0.25) is 19.6 Å². The predicted molar refractivity (Wildman–Crippen MR) is 99.7 cm³/mol. The Labute approximate surface area is 151 Å². The van der Waals surface area contributed by atoms with Crippen LogP contribution in [0, 0.1) is 11.5 Å². The van der Waals surface area contributed by atoms with E-state index in [1.54, 1.807) is 0 Å². The van der Waals surface area contributed by atoms with Gasteiger partial charge in [0.15, 0.2) is 0 Å². The van der Waals surface area contributed by atoms with Crippen molar-refractivity contribution in [2.75, 3.05) is 0 Å². The first kappa shape index (κ1) is 19.3. The summed E-state index contributed by atoms with van der Waals surface area (Å²) in [6.45, 7) is 6.81. The van der Waals surface area contributed by atoms with Crippen molar-refractivity contribution >= 4 is 8.07 Å². The van der Waals surface area contributed by atoms with Crippen molar-refractivity contribution in [2.45, 2.75) is 19.6 Å². The molecule has 0 aliphatic carbocycles. The molecule has 0 unspecified atom stereocenters. The number of benzene rings is 1. The Bertz CT molecular complexity index is 702. The van der Waals surface area contributed by atoms with Crippen molar-refractivity contribution in [1.82, 2.24) is 0 Å². The fourth-order valence-electron chi connectivity index (χ4n) is 1.97. The summed E-state index contributed by atoms with van der Waals surface area (Å²) < 4.78 is 0. The molecule has 124 valence electrons. The van der Waals surface area contributed by atoms with Gasteiger partial charge in [0.1, 0.15) is 0 Å². The molecule has 0 nitrogen and oxygen atoms in total. The molecule has 0 spiro atoms. The third-order valence-corrected chi connectivity index (χ3v) is 3.90. The average molecular weight is 358 g/mol. The SMILES string of the molecule is C[Si](C)(C)C#C[c-]1cccc1-c1ccccc1.[Fe].[cH-]1[cH-][cH-][cH-][cH-]1. The normalized spacial score (nSPS) is 9.70. The van der Waals surface area contributed by atoms with Gasteiger partial charge >= 0.3 is 0 Å². The molecule has 0 aliphatic rings. The molecule has 2 heteroatoms. The summed E-state index contributed by atoms with van der Waals surface area (Å²) in [7, 11) is -1.30. The molecule has 0 fully saturated rings. The summed E-state index contributed by atoms with van der Waals surface area (Å²) in [5, 5.41) is 0. The van der Waals surface area contributed by atoms with Gasteiger partial charge in [0.05, 0.1) is 8.07 Å². The van der Waals surface area contributed by atoms with Crippen LogP contribution in [0.25, 0.3) is 11.1 Å². The standard InChI is InChI=1S/C16H17Si.C5H5.Fe/c1-17(2,3)13-12-15-10-7-11-16(15)14-8-5-4-6-9-14;1-2-4-5-3-1;/h4-11H,1-3H3;1-5H;/q-1;-5;. The van der Waals surface area contributed by atoms with Crippen LogP contribution in [0.5, 0.6) is 0 Å². The van der Waals surface area contributed by atoms with E-state index < -0.39 is 8.07 Å². The first-order chi connectivity index (χ1) is 10.6. The van der Waals surface area contributed by atoms with Crippen LogP contribution >= 0.6 is 0 Å². The largest absolute Gasteiger partial charge is 0.748 e. The van der Waals surface area contributed by atoms with Gasteiger partial charge in [0, 0.05) is 17.1 Å². The minimum Gasteiger partial charge on any atom is -0.748 e. The molecule has 0 radical (unpaired) electrons. The van der Waals surface area contributed by atoms with Crippen molar-refractivity contribution in [3.63, 3.8) is 0 Å². The zero-order valence-electron chi connectivity index (χ0n) is 13.9. The molecule has 0 saturated heterocycles. The minimum atomic E-state index is -1.30. The number of hydrogen-bond donors (Lipinski definition) is 0. The van der Waals surface area contributed by atoms with Crippen molar-refractivity contribution in [3.05, 3.63) is 84.4 Å². The summed E-state index contributed by atoms with van der Waals surface area (Å²) in [6.07, 6.45) is 0. The van der Waals surface area contributed by atoms with Crippen LogP contribution in [-0.4, -0.2) is 8.07 Å². The Morgan fingerprint density at radius 1 is 0.826 bits per heavy atom. The Morgan fingerprint density at radius 2 is 1.39 bits per heavy atom. The molecule has 3 aromatic carbocycles. The molecule has 23 heavy (non-hydrogen) atoms. The van der Waals surface area contributed by atoms with E-state index in [-0.39, 0.29) is 17.1 Å². The average Bonchev–Trinajstić information content (AvgIpc) is 3.20. The second kappa shape index (κ2) is 9.38. The van der Waals surface area contributed by atoms with Gasteiger partial charge in [-0.1, -0.05) is 61.1 Å². The van der Waals surface area contributed by atoms with E-state index >= 15 is 0 Å². The van der Waals surface area contributed by atoms with E-state index in [9.17, 15) is 0 Å². The van der Waals surface area contributed by atoms with Gasteiger partial charge in [-0.15, -0.1) is 11.6 Å². The van der Waals surface area contributed by atoms with Crippen molar-refractivity contribution < 1.29 is 17.1 Å². The fraction of sp³-hybridized carbons (Fsp3) is 0.143. The topological polar surface area (TPSA) is 0 Å². The maximum atomic E-state index is 3.42. The van der Waals surface area contributed by atoms with Crippen LogP contribution < -0.4 is 0 Å². The Morgan fingerprint density at radius 3 is 1.91 bits per heavy atom. The van der Waals surface area contributed by atoms with Gasteiger partial charge in [0.2, 0.25) is 0 Å². The second-order valence-corrected chi connectivity index (χ2v) is 10.9. The van der Waals surface area contributed by atoms with Crippen LogP contribution in [0.3, 0.4) is 0 Å². The van der Waals surface area contributed by atoms with E-state index in [1.807, 2.05) is 36.4 Å². The first-order valence-electron chi connectivity index (χ1n) is 7.57. The molecular weight excluding hydrogens is 336 g/mol. The van der Waals surface area contributed by atoms with Gasteiger partial charge < -0.3 is 30.3 Å². The minimum absolute atomic E-state index is 0. The summed E-state index contributed by atoms with van der Waals surface area (Å²) in [6, 6.07) is 26.8. The molecule has 0 atom stereocenters. The zero-order valence-corrected chi connectivity index (χ0v) is 16.0. The third kappa shape index (κ3) is 6.88. The predicted octanol–water partition coefficient (Wildman–Crippen LogP) is 5.70. The molecule has 3 rings (SSSR count). The molecule has 0 N–H and O–H groups in total. The Kier molecular flexibility index (Phi) is 7.85. The number of hydrogen-bond acceptors (Lipinski definition) is 0. The van der Waals surface area contributed by atoms with Gasteiger partial charge in [0.25, 0.3) is 0 Å². The number of rotatable bonds is 1. The van der Waals surface area contributed by atoms with Crippen LogP contribution in [0.4, 0.5) is 0 Å². The van der Waals surface area contributed by atoms with Crippen LogP contribution in [-0.2, 0) is 17.1 Å². The van der Waals surface area contributed by atoms with Gasteiger partial charge in [-0.05, 0) is 0 Å². The van der Waals surface area contributed by atoms with Gasteiger partial charge in [-0.25, -0.2) is 5.54 Å². The van der Waals surface area contributed by atoms with E-state index in [0.717, 1.165) is 5.56 Å². The van der Waals surface area contributed by atoms with Crippen molar-refractivity contribution in [3.8, 4) is 22.6 Å². The first-order valence-corrected chi connectivity index (χ1v) is 11.1. The smallest absolute Gasteiger partial charge is 0.0800 e. The molecule has 0 amide bonds. The molecule has 0 aliphatic heterocycles. The molecule has 0 heterocycles. The maximum absolute atomic E-state index is 3.42. The van der Waals surface area contributed by atoms with E-state index in [4.69, 9.17) is 0 Å². The zero-order chi connectivity index (χ0) is 15.8. The Balaban J connectivity index is 0.000000377. The fourth-order valence-corrected chi connectivity index (χ4v) is 2.48. The molecule has 3 aromatic rings. The maximum Gasteiger partial charge on any atom is 0.0800 e. The summed E-state index contributed by atoms with van der Waals surface area (Å²) in [5.74, 6) is 3.34. The third-order valence-electron chi connectivity index (χ3n) is 3.03. The molecular formula is C21H22FeSi-6.